The quantitative estimate of drug-likeness (QED) is 0.461. The van der Waals surface area contributed by atoms with E-state index in [1.54, 1.807) is 48.6 Å². The molecule has 1 unspecified atom stereocenters. The molecule has 2 fully saturated rings. The normalized spacial score (nSPS) is 22.4. The number of nitrogens with one attached hydrogen (secondary N) is 1. The Balaban J connectivity index is 1.40. The van der Waals surface area contributed by atoms with Gasteiger partial charge in [0.25, 0.3) is 0 Å². The lowest BCUT2D eigenvalue weighted by molar-refractivity contribution is -0.00770. The molecular formula is C25H29F2N5O3S. The molecule has 2 aromatic heterocycles. The molecule has 0 bridgehead atoms. The smallest absolute Gasteiger partial charge is 0.248 e. The van der Waals surface area contributed by atoms with E-state index in [1.807, 2.05) is 19.2 Å². The summed E-state index contributed by atoms with van der Waals surface area (Å²) in [7, 11) is 0.970. The van der Waals surface area contributed by atoms with Crippen molar-refractivity contribution in [1.29, 1.82) is 0 Å². The van der Waals surface area contributed by atoms with E-state index in [9.17, 15) is 17.2 Å². The highest BCUT2D eigenvalue weighted by molar-refractivity contribution is 7.89. The first kappa shape index (κ1) is 24.6. The van der Waals surface area contributed by atoms with Crippen molar-refractivity contribution < 1.29 is 21.9 Å². The third-order valence-electron chi connectivity index (χ3n) is 7.19. The minimum absolute atomic E-state index is 0.0157. The number of methoxy groups -OCH3 is 1. The van der Waals surface area contributed by atoms with E-state index in [0.717, 1.165) is 5.56 Å². The average molecular weight is 518 g/mol. The van der Waals surface area contributed by atoms with Crippen LogP contribution in [0.1, 0.15) is 18.4 Å². The predicted molar refractivity (Wildman–Crippen MR) is 131 cm³/mol. The third kappa shape index (κ3) is 4.81. The number of hydrogen-bond donors (Lipinski definition) is 1. The molecule has 5 rings (SSSR count). The molecule has 11 heteroatoms. The zero-order valence-corrected chi connectivity index (χ0v) is 21.2. The van der Waals surface area contributed by atoms with E-state index in [0.29, 0.717) is 23.6 Å². The van der Waals surface area contributed by atoms with E-state index >= 15 is 0 Å². The van der Waals surface area contributed by atoms with Gasteiger partial charge in [0, 0.05) is 58.0 Å². The van der Waals surface area contributed by atoms with Crippen LogP contribution >= 0.6 is 0 Å². The maximum absolute atomic E-state index is 13.7. The summed E-state index contributed by atoms with van der Waals surface area (Å²) in [5, 5.41) is 3.15. The van der Waals surface area contributed by atoms with Crippen LogP contribution in [-0.2, 0) is 23.6 Å². The zero-order chi connectivity index (χ0) is 25.7. The fraction of sp³-hybridized carbons (Fsp3) is 0.440. The van der Waals surface area contributed by atoms with Gasteiger partial charge in [-0.25, -0.2) is 27.2 Å². The number of imidazole rings is 1. The van der Waals surface area contributed by atoms with Gasteiger partial charge in [-0.15, -0.1) is 0 Å². The summed E-state index contributed by atoms with van der Waals surface area (Å²) in [4.78, 5) is 8.78. The first-order valence-electron chi connectivity index (χ1n) is 11.8. The van der Waals surface area contributed by atoms with Gasteiger partial charge in [0.15, 0.2) is 0 Å². The van der Waals surface area contributed by atoms with Crippen molar-refractivity contribution in [3.63, 3.8) is 0 Å². The van der Waals surface area contributed by atoms with Crippen LogP contribution in [0.5, 0.6) is 5.75 Å². The summed E-state index contributed by atoms with van der Waals surface area (Å²) < 4.78 is 62.8. The van der Waals surface area contributed by atoms with Gasteiger partial charge in [0.1, 0.15) is 16.5 Å². The maximum atomic E-state index is 13.7. The van der Waals surface area contributed by atoms with Crippen LogP contribution < -0.4 is 10.1 Å². The highest BCUT2D eigenvalue weighted by Gasteiger charge is 2.62. The number of halogens is 2. The van der Waals surface area contributed by atoms with E-state index in [-0.39, 0.29) is 47.9 Å². The van der Waals surface area contributed by atoms with Crippen LogP contribution in [0.15, 0.2) is 53.9 Å². The number of rotatable bonds is 9. The van der Waals surface area contributed by atoms with E-state index in [1.165, 1.54) is 11.4 Å². The molecule has 2 aliphatic carbocycles. The van der Waals surface area contributed by atoms with Gasteiger partial charge in [-0.3, -0.25) is 0 Å². The molecule has 36 heavy (non-hydrogen) atoms. The molecule has 0 spiro atoms. The van der Waals surface area contributed by atoms with Gasteiger partial charge in [0.05, 0.1) is 19.1 Å². The number of hydrogen-bond acceptors (Lipinski definition) is 6. The third-order valence-corrected chi connectivity index (χ3v) is 9.01. The van der Waals surface area contributed by atoms with E-state index < -0.39 is 15.9 Å². The predicted octanol–water partition coefficient (Wildman–Crippen LogP) is 4.01. The van der Waals surface area contributed by atoms with Crippen LogP contribution in [-0.4, -0.2) is 53.9 Å². The van der Waals surface area contributed by atoms with Crippen LogP contribution in [0.3, 0.4) is 0 Å². The first-order valence-corrected chi connectivity index (χ1v) is 13.2. The first-order chi connectivity index (χ1) is 17.1. The lowest BCUT2D eigenvalue weighted by Crippen LogP contribution is -2.28. The standard InChI is InChI=1S/C25H29F2N5O3S/c1-31-14-22(30-15-31)17-8-23(36(33,34)32(2)13-16-4-6-18(35-3)7-5-16)24(28-11-17)29-12-21-19-9-25(26,27)10-20(19)21/h4-8,11,14-15,19-21H,9-10,12-13H2,1-3H3,(H,28,29)/t19-,20+,21?. The van der Waals surface area contributed by atoms with E-state index in [2.05, 4.69) is 15.3 Å². The van der Waals surface area contributed by atoms with Crippen LogP contribution in [0.2, 0.25) is 0 Å². The molecule has 0 radical (unpaired) electrons. The SMILES string of the molecule is COc1ccc(CN(C)S(=O)(=O)c2cc(-c3cn(C)cn3)cnc2NCC2[C@H]3CC(F)(F)C[C@@H]23)cc1. The Morgan fingerprint density at radius 2 is 1.89 bits per heavy atom. The molecule has 3 aromatic rings. The monoisotopic (exact) mass is 517 g/mol. The van der Waals surface area contributed by atoms with Gasteiger partial charge < -0.3 is 14.6 Å². The number of aromatic nitrogens is 3. The van der Waals surface area contributed by atoms with Crippen molar-refractivity contribution in [1.82, 2.24) is 18.8 Å². The Bertz CT molecular complexity index is 1350. The second-order valence-electron chi connectivity index (χ2n) is 9.74. The minimum Gasteiger partial charge on any atom is -0.497 e. The molecule has 8 nitrogen and oxygen atoms in total. The molecule has 0 aliphatic heterocycles. The highest BCUT2D eigenvalue weighted by Crippen LogP contribution is 2.62. The number of alkyl halides is 2. The van der Waals surface area contributed by atoms with Crippen LogP contribution in [0, 0.1) is 17.8 Å². The number of sulfonamides is 1. The Morgan fingerprint density at radius 1 is 1.19 bits per heavy atom. The summed E-state index contributed by atoms with van der Waals surface area (Å²) in [6.07, 6.45) is 4.81. The lowest BCUT2D eigenvalue weighted by atomic mass is 10.1. The Labute approximate surface area is 209 Å². The molecule has 2 saturated carbocycles. The van der Waals surface area contributed by atoms with Gasteiger partial charge >= 0.3 is 0 Å². The van der Waals surface area contributed by atoms with Crippen LogP contribution in [0.25, 0.3) is 11.3 Å². The maximum Gasteiger partial charge on any atom is 0.248 e. The van der Waals surface area contributed by atoms with Crippen molar-refractivity contribution in [3.8, 4) is 17.0 Å². The molecule has 1 N–H and O–H groups in total. The lowest BCUT2D eigenvalue weighted by Gasteiger charge is -2.20. The summed E-state index contributed by atoms with van der Waals surface area (Å²) in [5.41, 5.74) is 1.97. The van der Waals surface area contributed by atoms with Crippen molar-refractivity contribution in [2.24, 2.45) is 24.8 Å². The van der Waals surface area contributed by atoms with Gasteiger partial charge in [-0.1, -0.05) is 12.1 Å². The van der Waals surface area contributed by atoms with Crippen molar-refractivity contribution in [2.75, 3.05) is 26.0 Å². The molecule has 2 aliphatic rings. The molecule has 192 valence electrons. The Hall–Kier alpha value is -3.05. The van der Waals surface area contributed by atoms with Crippen molar-refractivity contribution in [2.45, 2.75) is 30.2 Å². The number of benzene rings is 1. The van der Waals surface area contributed by atoms with Gasteiger partial charge in [-0.05, 0) is 41.5 Å². The molecule has 1 aromatic carbocycles. The second-order valence-corrected chi connectivity index (χ2v) is 11.8. The van der Waals surface area contributed by atoms with Gasteiger partial charge in [-0.2, -0.15) is 4.31 Å². The fourth-order valence-corrected chi connectivity index (χ4v) is 6.44. The van der Waals surface area contributed by atoms with Crippen LogP contribution in [0.4, 0.5) is 14.6 Å². The molecule has 0 saturated heterocycles. The highest BCUT2D eigenvalue weighted by atomic mass is 32.2. The molecular weight excluding hydrogens is 488 g/mol. The van der Waals surface area contributed by atoms with Crippen molar-refractivity contribution >= 4 is 15.8 Å². The zero-order valence-electron chi connectivity index (χ0n) is 20.4. The average Bonchev–Trinajstić information content (AvgIpc) is 3.13. The number of pyridine rings is 1. The Kier molecular flexibility index (Phi) is 6.24. The largest absolute Gasteiger partial charge is 0.497 e. The number of ether oxygens (including phenoxy) is 1. The minimum atomic E-state index is -3.95. The molecule has 3 atom stereocenters. The summed E-state index contributed by atoms with van der Waals surface area (Å²) in [6.45, 7) is 0.563. The van der Waals surface area contributed by atoms with E-state index in [4.69, 9.17) is 4.74 Å². The van der Waals surface area contributed by atoms with Gasteiger partial charge in [0.2, 0.25) is 15.9 Å². The molecule has 2 heterocycles. The summed E-state index contributed by atoms with van der Waals surface area (Å²) in [5.74, 6) is -1.60. The summed E-state index contributed by atoms with van der Waals surface area (Å²) >= 11 is 0. The Morgan fingerprint density at radius 3 is 2.50 bits per heavy atom. The number of fused-ring (bicyclic) bond motifs is 1. The van der Waals surface area contributed by atoms with Crippen molar-refractivity contribution in [3.05, 3.63) is 54.6 Å². The fourth-order valence-electron chi connectivity index (χ4n) is 5.14. The number of aryl methyl sites for hydroxylation is 1. The number of nitrogens with zero attached hydrogens (tertiary/aromatic N) is 4. The molecule has 0 amide bonds. The topological polar surface area (TPSA) is 89.4 Å². The number of anilines is 1. The second kappa shape index (κ2) is 9.11. The summed E-state index contributed by atoms with van der Waals surface area (Å²) in [6, 6.07) is 8.76.